The number of sulfonamides is 1. The molecule has 1 fully saturated rings. The van der Waals surface area contributed by atoms with Crippen LogP contribution in [0.5, 0.6) is 0 Å². The Labute approximate surface area is 115 Å². The minimum Gasteiger partial charge on any atom is -0.464 e. The van der Waals surface area contributed by atoms with Gasteiger partial charge in [0, 0.05) is 25.7 Å². The van der Waals surface area contributed by atoms with Crippen LogP contribution < -0.4 is 5.32 Å². The number of hydrogen-bond donors (Lipinski definition) is 1. The van der Waals surface area contributed by atoms with E-state index < -0.39 is 10.0 Å². The van der Waals surface area contributed by atoms with Crippen LogP contribution >= 0.6 is 0 Å². The van der Waals surface area contributed by atoms with E-state index in [0.717, 1.165) is 6.42 Å². The zero-order valence-corrected chi connectivity index (χ0v) is 12.6. The molecule has 0 saturated heterocycles. The summed E-state index contributed by atoms with van der Waals surface area (Å²) in [7, 11) is -1.82. The Balaban J connectivity index is 2.14. The van der Waals surface area contributed by atoms with Crippen LogP contribution in [0.15, 0.2) is 15.4 Å². The van der Waals surface area contributed by atoms with Crippen molar-refractivity contribution in [2.45, 2.75) is 50.6 Å². The standard InChI is InChI=1S/C13H22N2O3S/c1-4-7-15(3)19(16,17)13-8-12(18-10(13)2)9-14-11-5-6-11/h8,11,14H,4-7,9H2,1-3H3. The molecule has 5 nitrogen and oxygen atoms in total. The van der Waals surface area contributed by atoms with Gasteiger partial charge in [-0.2, -0.15) is 0 Å². The Morgan fingerprint density at radius 3 is 2.74 bits per heavy atom. The molecule has 0 radical (unpaired) electrons. The van der Waals surface area contributed by atoms with E-state index in [9.17, 15) is 8.42 Å². The molecule has 1 heterocycles. The molecule has 19 heavy (non-hydrogen) atoms. The predicted octanol–water partition coefficient (Wildman–Crippen LogP) is 1.87. The second kappa shape index (κ2) is 5.64. The molecule has 0 aromatic carbocycles. The molecule has 0 bridgehead atoms. The van der Waals surface area contributed by atoms with Crippen molar-refractivity contribution < 1.29 is 12.8 Å². The molecule has 108 valence electrons. The van der Waals surface area contributed by atoms with Gasteiger partial charge in [0.2, 0.25) is 10.0 Å². The van der Waals surface area contributed by atoms with Crippen LogP contribution in [0.1, 0.15) is 37.7 Å². The number of nitrogens with zero attached hydrogens (tertiary/aromatic N) is 1. The molecule has 2 rings (SSSR count). The zero-order chi connectivity index (χ0) is 14.0. The summed E-state index contributed by atoms with van der Waals surface area (Å²) >= 11 is 0. The summed E-state index contributed by atoms with van der Waals surface area (Å²) < 4.78 is 31.6. The summed E-state index contributed by atoms with van der Waals surface area (Å²) in [6.07, 6.45) is 3.19. The monoisotopic (exact) mass is 286 g/mol. The Morgan fingerprint density at radius 2 is 2.16 bits per heavy atom. The van der Waals surface area contributed by atoms with Crippen molar-refractivity contribution in [1.82, 2.24) is 9.62 Å². The van der Waals surface area contributed by atoms with E-state index in [1.807, 2.05) is 6.92 Å². The van der Waals surface area contributed by atoms with Crippen molar-refractivity contribution in [3.8, 4) is 0 Å². The maximum Gasteiger partial charge on any atom is 0.246 e. The van der Waals surface area contributed by atoms with Gasteiger partial charge in [-0.25, -0.2) is 12.7 Å². The second-order valence-corrected chi connectivity index (χ2v) is 7.13. The van der Waals surface area contributed by atoms with Crippen LogP contribution in [0.25, 0.3) is 0 Å². The molecule has 1 saturated carbocycles. The maximum atomic E-state index is 12.4. The van der Waals surface area contributed by atoms with Gasteiger partial charge < -0.3 is 9.73 Å². The topological polar surface area (TPSA) is 62.6 Å². The Bertz CT molecular complexity index is 532. The highest BCUT2D eigenvalue weighted by Gasteiger charge is 2.26. The van der Waals surface area contributed by atoms with Crippen molar-refractivity contribution in [3.63, 3.8) is 0 Å². The van der Waals surface area contributed by atoms with E-state index in [4.69, 9.17) is 4.42 Å². The van der Waals surface area contributed by atoms with E-state index in [-0.39, 0.29) is 4.90 Å². The van der Waals surface area contributed by atoms with E-state index >= 15 is 0 Å². The van der Waals surface area contributed by atoms with Crippen LogP contribution in [-0.2, 0) is 16.6 Å². The van der Waals surface area contributed by atoms with Crippen molar-refractivity contribution in [3.05, 3.63) is 17.6 Å². The Kier molecular flexibility index (Phi) is 4.32. The van der Waals surface area contributed by atoms with Gasteiger partial charge in [-0.1, -0.05) is 6.92 Å². The highest BCUT2D eigenvalue weighted by Crippen LogP contribution is 2.24. The average Bonchev–Trinajstić information content (AvgIpc) is 3.10. The fourth-order valence-electron chi connectivity index (χ4n) is 2.00. The lowest BCUT2D eigenvalue weighted by atomic mass is 10.4. The zero-order valence-electron chi connectivity index (χ0n) is 11.8. The summed E-state index contributed by atoms with van der Waals surface area (Å²) in [6, 6.07) is 2.22. The van der Waals surface area contributed by atoms with Gasteiger partial charge in [-0.3, -0.25) is 0 Å². The summed E-state index contributed by atoms with van der Waals surface area (Å²) in [5.74, 6) is 1.16. The lowest BCUT2D eigenvalue weighted by Gasteiger charge is -2.15. The lowest BCUT2D eigenvalue weighted by molar-refractivity contribution is 0.448. The van der Waals surface area contributed by atoms with Crippen molar-refractivity contribution in [1.29, 1.82) is 0 Å². The molecule has 1 N–H and O–H groups in total. The van der Waals surface area contributed by atoms with Crippen molar-refractivity contribution in [2.75, 3.05) is 13.6 Å². The summed E-state index contributed by atoms with van der Waals surface area (Å²) in [5.41, 5.74) is 0. The first-order chi connectivity index (χ1) is 8.95. The van der Waals surface area contributed by atoms with E-state index in [1.165, 1.54) is 17.1 Å². The van der Waals surface area contributed by atoms with Gasteiger partial charge in [0.05, 0.1) is 6.54 Å². The normalized spacial score (nSPS) is 16.2. The summed E-state index contributed by atoms with van der Waals surface area (Å²) in [4.78, 5) is 0.288. The number of nitrogens with one attached hydrogen (secondary N) is 1. The molecular weight excluding hydrogens is 264 g/mol. The SMILES string of the molecule is CCCN(C)S(=O)(=O)c1cc(CNC2CC2)oc1C. The van der Waals surface area contributed by atoms with Crippen molar-refractivity contribution in [2.24, 2.45) is 0 Å². The van der Waals surface area contributed by atoms with Crippen LogP contribution in [0, 0.1) is 6.92 Å². The highest BCUT2D eigenvalue weighted by atomic mass is 32.2. The number of furan rings is 1. The van der Waals surface area contributed by atoms with Gasteiger partial charge >= 0.3 is 0 Å². The van der Waals surface area contributed by atoms with E-state index in [2.05, 4.69) is 5.32 Å². The first-order valence-corrected chi connectivity index (χ1v) is 8.18. The lowest BCUT2D eigenvalue weighted by Crippen LogP contribution is -2.27. The predicted molar refractivity (Wildman–Crippen MR) is 73.4 cm³/mol. The third-order valence-electron chi connectivity index (χ3n) is 3.29. The fraction of sp³-hybridized carbons (Fsp3) is 0.692. The van der Waals surface area contributed by atoms with Gasteiger partial charge in [-0.05, 0) is 26.2 Å². The molecule has 6 heteroatoms. The van der Waals surface area contributed by atoms with Crippen LogP contribution in [0.4, 0.5) is 0 Å². The summed E-state index contributed by atoms with van der Waals surface area (Å²) in [5, 5.41) is 3.32. The first kappa shape index (κ1) is 14.6. The third-order valence-corrected chi connectivity index (χ3v) is 5.26. The van der Waals surface area contributed by atoms with Crippen LogP contribution in [-0.4, -0.2) is 32.4 Å². The quantitative estimate of drug-likeness (QED) is 0.831. The molecule has 1 aromatic heterocycles. The Morgan fingerprint density at radius 1 is 1.47 bits per heavy atom. The molecule has 0 amide bonds. The minimum atomic E-state index is -3.42. The smallest absolute Gasteiger partial charge is 0.246 e. The second-order valence-electron chi connectivity index (χ2n) is 5.11. The molecule has 1 aliphatic carbocycles. The number of aryl methyl sites for hydroxylation is 1. The molecule has 1 aliphatic rings. The summed E-state index contributed by atoms with van der Waals surface area (Å²) in [6.45, 7) is 4.77. The van der Waals surface area contributed by atoms with Gasteiger partial charge in [0.1, 0.15) is 16.4 Å². The Hall–Kier alpha value is -0.850. The molecule has 1 aromatic rings. The fourth-order valence-corrected chi connectivity index (χ4v) is 3.45. The largest absolute Gasteiger partial charge is 0.464 e. The van der Waals surface area contributed by atoms with E-state index in [1.54, 1.807) is 20.0 Å². The van der Waals surface area contributed by atoms with Crippen molar-refractivity contribution >= 4 is 10.0 Å². The highest BCUT2D eigenvalue weighted by molar-refractivity contribution is 7.89. The third kappa shape index (κ3) is 3.38. The van der Waals surface area contributed by atoms with E-state index in [0.29, 0.717) is 30.7 Å². The average molecular weight is 286 g/mol. The maximum absolute atomic E-state index is 12.4. The van der Waals surface area contributed by atoms with Gasteiger partial charge in [0.25, 0.3) is 0 Å². The molecule has 0 spiro atoms. The molecule has 0 atom stereocenters. The first-order valence-electron chi connectivity index (χ1n) is 6.74. The van der Waals surface area contributed by atoms with Gasteiger partial charge in [0.15, 0.2) is 0 Å². The minimum absolute atomic E-state index is 0.288. The van der Waals surface area contributed by atoms with Crippen LogP contribution in [0.3, 0.4) is 0 Å². The van der Waals surface area contributed by atoms with Gasteiger partial charge in [-0.15, -0.1) is 0 Å². The van der Waals surface area contributed by atoms with Crippen LogP contribution in [0.2, 0.25) is 0 Å². The number of rotatable bonds is 7. The number of hydrogen-bond acceptors (Lipinski definition) is 4. The molecular formula is C13H22N2O3S. The molecule has 0 aliphatic heterocycles. The molecule has 0 unspecified atom stereocenters.